The predicted octanol–water partition coefficient (Wildman–Crippen LogP) is 5.39. The highest BCUT2D eigenvalue weighted by atomic mass is 28.3. The number of carbonyl (C=O) groups is 2. The van der Waals surface area contributed by atoms with E-state index in [1.165, 1.54) is 22.1 Å². The lowest BCUT2D eigenvalue weighted by Gasteiger charge is -2.41. The van der Waals surface area contributed by atoms with Crippen LogP contribution in [0.25, 0.3) is 6.08 Å². The number of carbonyl (C=O) groups excluding carboxylic acids is 2. The van der Waals surface area contributed by atoms with Crippen LogP contribution in [0.15, 0.2) is 22.8 Å². The SMILES string of the molecule is CC1C(=O)N(COCC[Si](C)(C)C)N=C2COc3cc(C(F)(F)F)c(C=C4CN(C(=O)OC(C)(C)C)C4)cc3N21. The maximum atomic E-state index is 14.0. The molecular weight excluding hydrogens is 545 g/mol. The number of fused-ring (bicyclic) bond motifs is 3. The van der Waals surface area contributed by atoms with Gasteiger partial charge in [0.05, 0.1) is 11.3 Å². The molecular formula is C27H37F3N4O5Si. The van der Waals surface area contributed by atoms with E-state index in [2.05, 4.69) is 24.7 Å². The zero-order valence-corrected chi connectivity index (χ0v) is 25.0. The summed E-state index contributed by atoms with van der Waals surface area (Å²) >= 11 is 0. The molecule has 0 saturated carbocycles. The average Bonchev–Trinajstić information content (AvgIpc) is 2.78. The van der Waals surface area contributed by atoms with Crippen LogP contribution >= 0.6 is 0 Å². The van der Waals surface area contributed by atoms with Crippen molar-refractivity contribution in [2.75, 3.05) is 37.9 Å². The lowest BCUT2D eigenvalue weighted by molar-refractivity contribution is -0.139. The summed E-state index contributed by atoms with van der Waals surface area (Å²) in [6.07, 6.45) is -3.72. The minimum Gasteiger partial charge on any atom is -0.483 e. The van der Waals surface area contributed by atoms with Gasteiger partial charge < -0.3 is 24.0 Å². The van der Waals surface area contributed by atoms with Gasteiger partial charge in [0.25, 0.3) is 5.91 Å². The third-order valence-corrected chi connectivity index (χ3v) is 8.28. The Balaban J connectivity index is 1.58. The first-order chi connectivity index (χ1) is 18.4. The summed E-state index contributed by atoms with van der Waals surface area (Å²) in [6.45, 7) is 14.4. The molecule has 0 aromatic heterocycles. The van der Waals surface area contributed by atoms with Crippen LogP contribution in [0, 0.1) is 0 Å². The second-order valence-electron chi connectivity index (χ2n) is 12.5. The van der Waals surface area contributed by atoms with Crippen LogP contribution in [0.5, 0.6) is 5.75 Å². The fraction of sp³-hybridized carbons (Fsp3) is 0.593. The van der Waals surface area contributed by atoms with Crippen molar-refractivity contribution in [2.45, 2.75) is 71.2 Å². The van der Waals surface area contributed by atoms with Gasteiger partial charge in [-0.3, -0.25) is 4.79 Å². The molecule has 3 aliphatic heterocycles. The zero-order chi connectivity index (χ0) is 29.6. The number of hydrogen-bond donors (Lipinski definition) is 0. The highest BCUT2D eigenvalue weighted by molar-refractivity contribution is 6.76. The van der Waals surface area contributed by atoms with E-state index in [0.717, 1.165) is 12.1 Å². The Hall–Kier alpha value is -3.06. The fourth-order valence-electron chi connectivity index (χ4n) is 4.46. The lowest BCUT2D eigenvalue weighted by atomic mass is 9.98. The van der Waals surface area contributed by atoms with E-state index in [1.54, 1.807) is 32.6 Å². The molecule has 1 saturated heterocycles. The summed E-state index contributed by atoms with van der Waals surface area (Å²) in [4.78, 5) is 28.4. The fourth-order valence-corrected chi connectivity index (χ4v) is 5.22. The van der Waals surface area contributed by atoms with E-state index in [1.807, 2.05) is 0 Å². The number of ether oxygens (including phenoxy) is 3. The van der Waals surface area contributed by atoms with Gasteiger partial charge in [-0.05, 0) is 57.0 Å². The molecule has 3 heterocycles. The Morgan fingerprint density at radius 3 is 2.48 bits per heavy atom. The Kier molecular flexibility index (Phi) is 8.02. The molecule has 0 radical (unpaired) electrons. The van der Waals surface area contributed by atoms with Crippen LogP contribution in [0.1, 0.15) is 38.8 Å². The normalized spacial score (nSPS) is 19.4. The molecule has 4 rings (SSSR count). The van der Waals surface area contributed by atoms with Crippen LogP contribution in [0.4, 0.5) is 23.7 Å². The summed E-state index contributed by atoms with van der Waals surface area (Å²) in [5, 5.41) is 5.66. The number of alkyl halides is 3. The molecule has 3 aliphatic rings. The molecule has 0 N–H and O–H groups in total. The molecule has 1 fully saturated rings. The van der Waals surface area contributed by atoms with E-state index in [0.29, 0.717) is 23.7 Å². The predicted molar refractivity (Wildman–Crippen MR) is 148 cm³/mol. The number of hydrazone groups is 1. The van der Waals surface area contributed by atoms with Crippen molar-refractivity contribution in [3.8, 4) is 5.75 Å². The molecule has 220 valence electrons. The summed E-state index contributed by atoms with van der Waals surface area (Å²) in [7, 11) is -1.30. The average molecular weight is 583 g/mol. The van der Waals surface area contributed by atoms with Crippen molar-refractivity contribution in [3.63, 3.8) is 0 Å². The first kappa shape index (κ1) is 29.9. The van der Waals surface area contributed by atoms with Crippen LogP contribution in [0.3, 0.4) is 0 Å². The monoisotopic (exact) mass is 582 g/mol. The Bertz CT molecular complexity index is 1230. The minimum absolute atomic E-state index is 0.00361. The molecule has 40 heavy (non-hydrogen) atoms. The first-order valence-electron chi connectivity index (χ1n) is 13.2. The molecule has 0 aliphatic carbocycles. The Labute approximate surface area is 233 Å². The van der Waals surface area contributed by atoms with Crippen molar-refractivity contribution >= 4 is 37.7 Å². The third kappa shape index (κ3) is 6.80. The quantitative estimate of drug-likeness (QED) is 0.330. The summed E-state index contributed by atoms with van der Waals surface area (Å²) in [6, 6.07) is 2.56. The molecule has 0 spiro atoms. The molecule has 13 heteroatoms. The van der Waals surface area contributed by atoms with Crippen LogP contribution in [-0.2, 0) is 20.4 Å². The van der Waals surface area contributed by atoms with Gasteiger partial charge in [0.15, 0.2) is 5.84 Å². The minimum atomic E-state index is -4.64. The molecule has 9 nitrogen and oxygen atoms in total. The Morgan fingerprint density at radius 2 is 1.88 bits per heavy atom. The van der Waals surface area contributed by atoms with E-state index in [4.69, 9.17) is 14.2 Å². The van der Waals surface area contributed by atoms with Gasteiger partial charge in [-0.25, -0.2) is 9.80 Å². The van der Waals surface area contributed by atoms with Crippen molar-refractivity contribution in [3.05, 3.63) is 28.8 Å². The van der Waals surface area contributed by atoms with E-state index >= 15 is 0 Å². The van der Waals surface area contributed by atoms with Gasteiger partial charge >= 0.3 is 12.3 Å². The van der Waals surface area contributed by atoms with Crippen molar-refractivity contribution in [2.24, 2.45) is 5.10 Å². The number of likely N-dealkylation sites (tertiary alicyclic amines) is 1. The standard InChI is InChI=1S/C27H37F3N4O5Si/c1-17-24(35)33(16-37-8-9-40(5,6)7)31-23-15-38-22-12-20(27(28,29)30)19(11-21(22)34(17)23)10-18-13-32(14-18)25(36)39-26(2,3)4/h10-12,17H,8-9,13-16H2,1-7H3. The Morgan fingerprint density at radius 1 is 1.20 bits per heavy atom. The highest BCUT2D eigenvalue weighted by Gasteiger charge is 2.42. The summed E-state index contributed by atoms with van der Waals surface area (Å²) in [5.74, 6) is 0.111. The van der Waals surface area contributed by atoms with Crippen LogP contribution in [0.2, 0.25) is 25.7 Å². The largest absolute Gasteiger partial charge is 0.483 e. The third-order valence-electron chi connectivity index (χ3n) is 6.58. The van der Waals surface area contributed by atoms with Gasteiger partial charge in [-0.2, -0.15) is 18.3 Å². The second-order valence-corrected chi connectivity index (χ2v) is 18.1. The van der Waals surface area contributed by atoms with Crippen molar-refractivity contribution in [1.29, 1.82) is 0 Å². The number of benzene rings is 1. The van der Waals surface area contributed by atoms with E-state index in [-0.39, 0.29) is 43.6 Å². The molecule has 2 amide bonds. The van der Waals surface area contributed by atoms with Crippen LogP contribution < -0.4 is 9.64 Å². The number of anilines is 1. The number of amides is 2. The topological polar surface area (TPSA) is 83.9 Å². The second kappa shape index (κ2) is 10.7. The maximum absolute atomic E-state index is 14.0. The van der Waals surface area contributed by atoms with E-state index in [9.17, 15) is 22.8 Å². The molecule has 1 aromatic rings. The number of halogens is 3. The first-order valence-corrected chi connectivity index (χ1v) is 16.9. The number of amidine groups is 1. The molecule has 1 atom stereocenters. The number of hydrogen-bond acceptors (Lipinski definition) is 7. The zero-order valence-electron chi connectivity index (χ0n) is 24.0. The van der Waals surface area contributed by atoms with Gasteiger partial charge in [-0.1, -0.05) is 25.7 Å². The molecule has 1 unspecified atom stereocenters. The highest BCUT2D eigenvalue weighted by Crippen LogP contribution is 2.43. The molecule has 0 bridgehead atoms. The van der Waals surface area contributed by atoms with Gasteiger partial charge in [-0.15, -0.1) is 0 Å². The molecule has 1 aromatic carbocycles. The number of rotatable bonds is 6. The van der Waals surface area contributed by atoms with Gasteiger partial charge in [0.1, 0.15) is 30.7 Å². The maximum Gasteiger partial charge on any atom is 0.417 e. The van der Waals surface area contributed by atoms with Crippen molar-refractivity contribution < 1.29 is 37.0 Å². The summed E-state index contributed by atoms with van der Waals surface area (Å²) in [5.41, 5.74) is -0.634. The lowest BCUT2D eigenvalue weighted by Crippen LogP contribution is -2.57. The number of nitrogens with zero attached hydrogens (tertiary/aromatic N) is 4. The van der Waals surface area contributed by atoms with Gasteiger partial charge in [0, 0.05) is 27.8 Å². The van der Waals surface area contributed by atoms with Crippen LogP contribution in [-0.4, -0.2) is 80.5 Å². The smallest absolute Gasteiger partial charge is 0.417 e. The van der Waals surface area contributed by atoms with E-state index < -0.39 is 37.5 Å². The van der Waals surface area contributed by atoms with Crippen molar-refractivity contribution in [1.82, 2.24) is 9.91 Å². The van der Waals surface area contributed by atoms with Gasteiger partial charge in [0.2, 0.25) is 0 Å². The summed E-state index contributed by atoms with van der Waals surface area (Å²) < 4.78 is 58.9.